The molecule has 3 nitrogen and oxygen atoms in total. The fourth-order valence-electron chi connectivity index (χ4n) is 1.94. The maximum absolute atomic E-state index is 11.9. The van der Waals surface area contributed by atoms with Crippen molar-refractivity contribution in [2.24, 2.45) is 0 Å². The summed E-state index contributed by atoms with van der Waals surface area (Å²) in [6.07, 6.45) is 0.871. The molecular weight excluding hydrogens is 329 g/mol. The second-order valence-electron chi connectivity index (χ2n) is 4.26. The molecule has 1 aromatic carbocycles. The molecule has 1 heterocycles. The molecular formula is C15H17Cl2NO2S. The minimum Gasteiger partial charge on any atom is -0.468 e. The van der Waals surface area contributed by atoms with E-state index in [0.29, 0.717) is 11.6 Å². The summed E-state index contributed by atoms with van der Waals surface area (Å²) in [5.41, 5.74) is 0.743. The zero-order valence-electron chi connectivity index (χ0n) is 11.5. The van der Waals surface area contributed by atoms with Crippen LogP contribution >= 0.6 is 35.3 Å². The topological polar surface area (TPSA) is 38.3 Å². The van der Waals surface area contributed by atoms with Crippen LogP contribution in [0.4, 0.5) is 0 Å². The monoisotopic (exact) mass is 345 g/mol. The fourth-order valence-corrected chi connectivity index (χ4v) is 2.90. The van der Waals surface area contributed by atoms with E-state index in [1.807, 2.05) is 29.6 Å². The summed E-state index contributed by atoms with van der Waals surface area (Å²) in [6.45, 7) is 0.686. The van der Waals surface area contributed by atoms with E-state index < -0.39 is 6.04 Å². The van der Waals surface area contributed by atoms with E-state index in [1.165, 1.54) is 12.0 Å². The van der Waals surface area contributed by atoms with Crippen LogP contribution in [-0.4, -0.2) is 19.6 Å². The molecule has 1 atom stereocenters. The largest absolute Gasteiger partial charge is 0.468 e. The minimum absolute atomic E-state index is 0. The highest BCUT2D eigenvalue weighted by atomic mass is 35.5. The molecule has 114 valence electrons. The Bertz CT molecular complexity index is 561. The quantitative estimate of drug-likeness (QED) is 0.807. The number of halogens is 2. The summed E-state index contributed by atoms with van der Waals surface area (Å²) in [4.78, 5) is 13.2. The third kappa shape index (κ3) is 5.00. The van der Waals surface area contributed by atoms with Crippen molar-refractivity contribution in [3.05, 3.63) is 57.2 Å². The molecule has 0 radical (unpaired) electrons. The number of rotatable bonds is 6. The number of hydrogen-bond donors (Lipinski definition) is 1. The van der Waals surface area contributed by atoms with Crippen molar-refractivity contribution >= 4 is 41.3 Å². The van der Waals surface area contributed by atoms with Gasteiger partial charge in [0.05, 0.1) is 7.11 Å². The predicted octanol–water partition coefficient (Wildman–Crippen LogP) is 3.87. The molecule has 1 aromatic heterocycles. The van der Waals surface area contributed by atoms with Gasteiger partial charge in [-0.3, -0.25) is 0 Å². The van der Waals surface area contributed by atoms with Gasteiger partial charge in [-0.25, -0.2) is 4.79 Å². The molecule has 0 saturated heterocycles. The lowest BCUT2D eigenvalue weighted by Gasteiger charge is -2.17. The molecule has 6 heteroatoms. The second kappa shape index (κ2) is 9.05. The molecule has 0 saturated carbocycles. The first-order valence-electron chi connectivity index (χ1n) is 6.30. The standard InChI is InChI=1S/C15H16ClNO2S.ClH/c1-19-15(18)14(12-6-2-3-7-13(12)16)17-9-8-11-5-4-10-20-11;/h2-7,10,14,17H,8-9H2,1H3;1H/t14-;/m1./s1. The molecule has 0 bridgehead atoms. The van der Waals surface area contributed by atoms with E-state index >= 15 is 0 Å². The number of carbonyl (C=O) groups is 1. The van der Waals surface area contributed by atoms with Crippen LogP contribution in [0.3, 0.4) is 0 Å². The van der Waals surface area contributed by atoms with Crippen LogP contribution < -0.4 is 5.32 Å². The van der Waals surface area contributed by atoms with Gasteiger partial charge in [0.1, 0.15) is 6.04 Å². The lowest BCUT2D eigenvalue weighted by atomic mass is 10.1. The Balaban J connectivity index is 0.00000220. The predicted molar refractivity (Wildman–Crippen MR) is 89.5 cm³/mol. The third-order valence-corrected chi connectivity index (χ3v) is 4.23. The van der Waals surface area contributed by atoms with Crippen LogP contribution in [0.5, 0.6) is 0 Å². The Morgan fingerprint density at radius 2 is 2.10 bits per heavy atom. The first-order chi connectivity index (χ1) is 9.72. The summed E-state index contributed by atoms with van der Waals surface area (Å²) in [5, 5.41) is 5.82. The highest BCUT2D eigenvalue weighted by molar-refractivity contribution is 7.09. The number of benzene rings is 1. The van der Waals surface area contributed by atoms with Crippen LogP contribution in [0.25, 0.3) is 0 Å². The highest BCUT2D eigenvalue weighted by Gasteiger charge is 2.22. The van der Waals surface area contributed by atoms with E-state index in [1.54, 1.807) is 17.4 Å². The van der Waals surface area contributed by atoms with Crippen LogP contribution in [0.15, 0.2) is 41.8 Å². The van der Waals surface area contributed by atoms with Crippen molar-refractivity contribution < 1.29 is 9.53 Å². The lowest BCUT2D eigenvalue weighted by molar-refractivity contribution is -0.143. The van der Waals surface area contributed by atoms with E-state index in [-0.39, 0.29) is 18.4 Å². The zero-order valence-corrected chi connectivity index (χ0v) is 13.9. The Hall–Kier alpha value is -1.07. The van der Waals surface area contributed by atoms with Gasteiger partial charge < -0.3 is 10.1 Å². The van der Waals surface area contributed by atoms with Crippen molar-refractivity contribution in [1.29, 1.82) is 0 Å². The number of carbonyl (C=O) groups excluding carboxylic acids is 1. The molecule has 0 amide bonds. The summed E-state index contributed by atoms with van der Waals surface area (Å²) in [7, 11) is 1.38. The van der Waals surface area contributed by atoms with Crippen molar-refractivity contribution in [1.82, 2.24) is 5.32 Å². The Morgan fingerprint density at radius 1 is 1.33 bits per heavy atom. The molecule has 2 rings (SSSR count). The van der Waals surface area contributed by atoms with E-state index in [0.717, 1.165) is 12.0 Å². The van der Waals surface area contributed by atoms with Gasteiger partial charge in [-0.2, -0.15) is 0 Å². The highest BCUT2D eigenvalue weighted by Crippen LogP contribution is 2.23. The van der Waals surface area contributed by atoms with Gasteiger partial charge in [-0.1, -0.05) is 35.9 Å². The number of thiophene rings is 1. The van der Waals surface area contributed by atoms with Gasteiger partial charge in [-0.05, 0) is 29.5 Å². The number of hydrogen-bond acceptors (Lipinski definition) is 4. The first kappa shape index (κ1) is 18.0. The number of ether oxygens (including phenoxy) is 1. The van der Waals surface area contributed by atoms with E-state index in [2.05, 4.69) is 11.4 Å². The fraction of sp³-hybridized carbons (Fsp3) is 0.267. The van der Waals surface area contributed by atoms with Gasteiger partial charge in [0, 0.05) is 16.4 Å². The van der Waals surface area contributed by atoms with Gasteiger partial charge in [0.15, 0.2) is 0 Å². The third-order valence-electron chi connectivity index (χ3n) is 2.95. The van der Waals surface area contributed by atoms with E-state index in [4.69, 9.17) is 16.3 Å². The number of esters is 1. The van der Waals surface area contributed by atoms with Crippen LogP contribution in [-0.2, 0) is 16.0 Å². The molecule has 2 aromatic rings. The van der Waals surface area contributed by atoms with Gasteiger partial charge >= 0.3 is 5.97 Å². The van der Waals surface area contributed by atoms with Gasteiger partial charge in [0.2, 0.25) is 0 Å². The minimum atomic E-state index is -0.534. The molecule has 21 heavy (non-hydrogen) atoms. The molecule has 0 unspecified atom stereocenters. The summed E-state index contributed by atoms with van der Waals surface area (Å²) in [5.74, 6) is -0.329. The summed E-state index contributed by atoms with van der Waals surface area (Å²) < 4.78 is 4.85. The SMILES string of the molecule is COC(=O)[C@H](NCCc1cccs1)c1ccccc1Cl.Cl. The van der Waals surface area contributed by atoms with Crippen molar-refractivity contribution in [3.63, 3.8) is 0 Å². The average molecular weight is 346 g/mol. The molecule has 0 spiro atoms. The normalized spacial score (nSPS) is 11.5. The first-order valence-corrected chi connectivity index (χ1v) is 7.56. The van der Waals surface area contributed by atoms with Gasteiger partial charge in [0.25, 0.3) is 0 Å². The van der Waals surface area contributed by atoms with Crippen LogP contribution in [0.1, 0.15) is 16.5 Å². The Kier molecular flexibility index (Phi) is 7.75. The van der Waals surface area contributed by atoms with Crippen LogP contribution in [0, 0.1) is 0 Å². The van der Waals surface area contributed by atoms with Crippen molar-refractivity contribution in [2.45, 2.75) is 12.5 Å². The second-order valence-corrected chi connectivity index (χ2v) is 5.70. The number of methoxy groups -OCH3 is 1. The molecule has 0 aliphatic rings. The summed E-state index contributed by atoms with van der Waals surface area (Å²) in [6, 6.07) is 10.9. The van der Waals surface area contributed by atoms with E-state index in [9.17, 15) is 4.79 Å². The lowest BCUT2D eigenvalue weighted by Crippen LogP contribution is -2.31. The van der Waals surface area contributed by atoms with Crippen molar-refractivity contribution in [2.75, 3.05) is 13.7 Å². The van der Waals surface area contributed by atoms with Crippen molar-refractivity contribution in [3.8, 4) is 0 Å². The average Bonchev–Trinajstić information content (AvgIpc) is 2.97. The smallest absolute Gasteiger partial charge is 0.327 e. The molecule has 0 aliphatic carbocycles. The zero-order chi connectivity index (χ0) is 14.4. The van der Waals surface area contributed by atoms with Crippen LogP contribution in [0.2, 0.25) is 5.02 Å². The molecule has 0 fully saturated rings. The summed E-state index contributed by atoms with van der Waals surface area (Å²) >= 11 is 7.86. The number of nitrogens with one attached hydrogen (secondary N) is 1. The Labute approximate surface area is 139 Å². The van der Waals surface area contributed by atoms with Gasteiger partial charge in [-0.15, -0.1) is 23.7 Å². The maximum Gasteiger partial charge on any atom is 0.327 e. The Morgan fingerprint density at radius 3 is 2.71 bits per heavy atom. The maximum atomic E-state index is 11.9. The molecule has 1 N–H and O–H groups in total. The molecule has 0 aliphatic heterocycles.